The Labute approximate surface area is 144 Å². The van der Waals surface area contributed by atoms with Gasteiger partial charge in [0.2, 0.25) is 5.91 Å². The Bertz CT molecular complexity index is 853. The summed E-state index contributed by atoms with van der Waals surface area (Å²) in [5, 5.41) is 8.90. The molecule has 4 rings (SSSR count). The van der Waals surface area contributed by atoms with Crippen molar-refractivity contribution in [3.63, 3.8) is 0 Å². The Kier molecular flexibility index (Phi) is 3.53. The van der Waals surface area contributed by atoms with Crippen LogP contribution in [0.1, 0.15) is 28.9 Å². The van der Waals surface area contributed by atoms with Crippen molar-refractivity contribution in [3.8, 4) is 6.07 Å². The summed E-state index contributed by atoms with van der Waals surface area (Å²) >= 11 is 0. The molecule has 2 aliphatic heterocycles. The first-order valence-corrected chi connectivity index (χ1v) is 8.18. The largest absolute Gasteiger partial charge is 0.341 e. The lowest BCUT2D eigenvalue weighted by Gasteiger charge is -2.24. The van der Waals surface area contributed by atoms with E-state index in [2.05, 4.69) is 16.0 Å². The van der Waals surface area contributed by atoms with Gasteiger partial charge in [0.05, 0.1) is 24.2 Å². The maximum Gasteiger partial charge on any atom is 0.271 e. The summed E-state index contributed by atoms with van der Waals surface area (Å²) in [5.74, 6) is -0.000746. The quantitative estimate of drug-likeness (QED) is 0.901. The number of nitrogens with zero attached hydrogens (tertiary/aromatic N) is 4. The van der Waals surface area contributed by atoms with Gasteiger partial charge < -0.3 is 14.8 Å². The lowest BCUT2D eigenvalue weighted by atomic mass is 9.86. The molecule has 0 saturated carbocycles. The highest BCUT2D eigenvalue weighted by Gasteiger charge is 2.48. The van der Waals surface area contributed by atoms with E-state index in [9.17, 15) is 9.59 Å². The number of carbonyl (C=O) groups is 2. The predicted octanol–water partition coefficient (Wildman–Crippen LogP) is 1.55. The molecular weight excluding hydrogens is 318 g/mol. The normalized spacial score (nSPS) is 22.6. The van der Waals surface area contributed by atoms with Crippen molar-refractivity contribution in [1.29, 1.82) is 5.26 Å². The van der Waals surface area contributed by atoms with E-state index in [0.717, 1.165) is 12.1 Å². The van der Waals surface area contributed by atoms with Crippen LogP contribution in [0.3, 0.4) is 0 Å². The summed E-state index contributed by atoms with van der Waals surface area (Å²) in [6.45, 7) is 1.82. The van der Waals surface area contributed by atoms with Gasteiger partial charge in [-0.3, -0.25) is 9.59 Å². The highest BCUT2D eigenvalue weighted by atomic mass is 16.2. The van der Waals surface area contributed by atoms with E-state index in [0.29, 0.717) is 37.3 Å². The van der Waals surface area contributed by atoms with E-state index in [1.54, 1.807) is 34.1 Å². The van der Waals surface area contributed by atoms with Crippen molar-refractivity contribution in [2.24, 2.45) is 5.41 Å². The Balaban J connectivity index is 1.50. The number of anilines is 1. The van der Waals surface area contributed by atoms with Crippen molar-refractivity contribution < 1.29 is 9.59 Å². The van der Waals surface area contributed by atoms with Crippen molar-refractivity contribution in [2.75, 3.05) is 24.5 Å². The number of rotatable bonds is 2. The second kappa shape index (κ2) is 5.74. The van der Waals surface area contributed by atoms with Crippen LogP contribution in [0.25, 0.3) is 0 Å². The highest BCUT2D eigenvalue weighted by molar-refractivity contribution is 5.97. The van der Waals surface area contributed by atoms with E-state index in [4.69, 9.17) is 5.26 Å². The highest BCUT2D eigenvalue weighted by Crippen LogP contribution is 2.42. The summed E-state index contributed by atoms with van der Waals surface area (Å²) in [5.41, 5.74) is 1.66. The van der Waals surface area contributed by atoms with Crippen LogP contribution in [0.2, 0.25) is 0 Å². The standard InChI is InChI=1S/C18H17N5O2/c19-8-13-1-3-14(4-2-13)23-11-18(7-16(23)24)5-6-22(10-18)17(25)15-9-20-12-21-15/h1-4,9,12H,5-7,10-11H2,(H,20,21). The molecule has 0 radical (unpaired) electrons. The molecule has 3 heterocycles. The number of imidazole rings is 1. The number of carbonyl (C=O) groups excluding carboxylic acids is 2. The Hall–Kier alpha value is -3.14. The van der Waals surface area contributed by atoms with Gasteiger partial charge in [-0.15, -0.1) is 0 Å². The topological polar surface area (TPSA) is 93.1 Å². The monoisotopic (exact) mass is 335 g/mol. The van der Waals surface area contributed by atoms with Gasteiger partial charge in [-0.1, -0.05) is 0 Å². The molecule has 126 valence electrons. The number of amides is 2. The number of H-pyrrole nitrogens is 1. The van der Waals surface area contributed by atoms with E-state index < -0.39 is 0 Å². The fourth-order valence-corrected chi connectivity index (χ4v) is 3.77. The third-order valence-corrected chi connectivity index (χ3v) is 5.08. The molecule has 1 atom stereocenters. The van der Waals surface area contributed by atoms with E-state index >= 15 is 0 Å². The first-order valence-electron chi connectivity index (χ1n) is 8.18. The molecule has 7 heteroatoms. The zero-order valence-corrected chi connectivity index (χ0v) is 13.6. The fraction of sp³-hybridized carbons (Fsp3) is 0.333. The Morgan fingerprint density at radius 1 is 1.28 bits per heavy atom. The van der Waals surface area contributed by atoms with Gasteiger partial charge in [0, 0.05) is 37.2 Å². The number of nitriles is 1. The molecular formula is C18H17N5O2. The molecule has 2 aromatic rings. The van der Waals surface area contributed by atoms with Crippen LogP contribution in [0.5, 0.6) is 0 Å². The zero-order chi connectivity index (χ0) is 17.4. The minimum atomic E-state index is -0.194. The van der Waals surface area contributed by atoms with Gasteiger partial charge in [0.1, 0.15) is 5.69 Å². The molecule has 1 N–H and O–H groups in total. The maximum atomic E-state index is 12.5. The average Bonchev–Trinajstić information content (AvgIpc) is 3.36. The van der Waals surface area contributed by atoms with Crippen molar-refractivity contribution in [2.45, 2.75) is 12.8 Å². The van der Waals surface area contributed by atoms with Crippen LogP contribution in [-0.2, 0) is 4.79 Å². The molecule has 2 amide bonds. The number of likely N-dealkylation sites (tertiary alicyclic amines) is 1. The lowest BCUT2D eigenvalue weighted by Crippen LogP contribution is -2.34. The van der Waals surface area contributed by atoms with Gasteiger partial charge >= 0.3 is 0 Å². The Morgan fingerprint density at radius 3 is 2.76 bits per heavy atom. The van der Waals surface area contributed by atoms with Gasteiger partial charge in [0.15, 0.2) is 0 Å². The second-order valence-electron chi connectivity index (χ2n) is 6.76. The zero-order valence-electron chi connectivity index (χ0n) is 13.6. The number of nitrogens with one attached hydrogen (secondary N) is 1. The summed E-state index contributed by atoms with van der Waals surface area (Å²) in [6, 6.07) is 9.12. The Morgan fingerprint density at radius 2 is 2.08 bits per heavy atom. The molecule has 0 aliphatic carbocycles. The molecule has 25 heavy (non-hydrogen) atoms. The minimum absolute atomic E-state index is 0.0700. The first kappa shape index (κ1) is 15.4. The van der Waals surface area contributed by atoms with Crippen LogP contribution < -0.4 is 4.90 Å². The lowest BCUT2D eigenvalue weighted by molar-refractivity contribution is -0.117. The van der Waals surface area contributed by atoms with Gasteiger partial charge in [0.25, 0.3) is 5.91 Å². The van der Waals surface area contributed by atoms with E-state index in [-0.39, 0.29) is 17.2 Å². The van der Waals surface area contributed by atoms with Gasteiger partial charge in [-0.05, 0) is 30.7 Å². The fourth-order valence-electron chi connectivity index (χ4n) is 3.77. The number of hydrogen-bond acceptors (Lipinski definition) is 4. The second-order valence-corrected chi connectivity index (χ2v) is 6.76. The van der Waals surface area contributed by atoms with Gasteiger partial charge in [-0.2, -0.15) is 5.26 Å². The summed E-state index contributed by atoms with van der Waals surface area (Å²) in [6.07, 6.45) is 4.27. The van der Waals surface area contributed by atoms with E-state index in [1.807, 2.05) is 0 Å². The smallest absolute Gasteiger partial charge is 0.271 e. The minimum Gasteiger partial charge on any atom is -0.341 e. The number of aromatic nitrogens is 2. The van der Waals surface area contributed by atoms with Crippen molar-refractivity contribution in [1.82, 2.24) is 14.9 Å². The molecule has 2 fully saturated rings. The summed E-state index contributed by atoms with van der Waals surface area (Å²) in [4.78, 5) is 35.3. The molecule has 7 nitrogen and oxygen atoms in total. The van der Waals surface area contributed by atoms with Crippen LogP contribution in [-0.4, -0.2) is 46.3 Å². The van der Waals surface area contributed by atoms with Crippen LogP contribution in [0.4, 0.5) is 5.69 Å². The van der Waals surface area contributed by atoms with Crippen LogP contribution in [0, 0.1) is 16.7 Å². The molecule has 2 saturated heterocycles. The van der Waals surface area contributed by atoms with Crippen LogP contribution in [0.15, 0.2) is 36.8 Å². The van der Waals surface area contributed by atoms with E-state index in [1.165, 1.54) is 12.5 Å². The molecule has 1 spiro atoms. The number of aromatic amines is 1. The number of hydrogen-bond donors (Lipinski definition) is 1. The maximum absolute atomic E-state index is 12.5. The molecule has 1 aromatic carbocycles. The van der Waals surface area contributed by atoms with Crippen molar-refractivity contribution in [3.05, 3.63) is 48.0 Å². The van der Waals surface area contributed by atoms with Crippen molar-refractivity contribution >= 4 is 17.5 Å². The summed E-state index contributed by atoms with van der Waals surface area (Å²) in [7, 11) is 0. The molecule has 1 unspecified atom stereocenters. The predicted molar refractivity (Wildman–Crippen MR) is 89.7 cm³/mol. The third-order valence-electron chi connectivity index (χ3n) is 5.08. The number of benzene rings is 1. The molecule has 0 bridgehead atoms. The van der Waals surface area contributed by atoms with Crippen LogP contribution >= 0.6 is 0 Å². The average molecular weight is 335 g/mol. The molecule has 2 aliphatic rings. The SMILES string of the molecule is N#Cc1ccc(N2CC3(CCN(C(=O)c4cnc[nH]4)C3)CC2=O)cc1. The third kappa shape index (κ3) is 2.66. The first-order chi connectivity index (χ1) is 12.1. The summed E-state index contributed by atoms with van der Waals surface area (Å²) < 4.78 is 0. The van der Waals surface area contributed by atoms with Gasteiger partial charge in [-0.25, -0.2) is 4.98 Å². The molecule has 1 aromatic heterocycles.